The third kappa shape index (κ3) is 4.47. The molecule has 0 aliphatic carbocycles. The molecular weight excluding hydrogens is 276 g/mol. The smallest absolute Gasteiger partial charge is 0.226 e. The predicted molar refractivity (Wildman–Crippen MR) is 89.0 cm³/mol. The molecule has 1 fully saturated rings. The number of hydrogen-bond donors (Lipinski definition) is 1. The molecule has 1 aromatic rings. The fraction of sp³-hybridized carbons (Fsp3) is 0.611. The lowest BCUT2D eigenvalue weighted by molar-refractivity contribution is -0.135. The minimum absolute atomic E-state index is 0.0320. The Labute approximate surface area is 133 Å². The van der Waals surface area contributed by atoms with Crippen LogP contribution in [0.2, 0.25) is 0 Å². The van der Waals surface area contributed by atoms with E-state index in [1.807, 2.05) is 37.8 Å². The molecule has 1 saturated heterocycles. The topological polar surface area (TPSA) is 55.6 Å². The minimum atomic E-state index is 0.0320. The number of nitrogens with zero attached hydrogens (tertiary/aromatic N) is 1. The van der Waals surface area contributed by atoms with Gasteiger partial charge in [-0.15, -0.1) is 0 Å². The Morgan fingerprint density at radius 3 is 2.64 bits per heavy atom. The number of likely N-dealkylation sites (tertiary alicyclic amines) is 1. The molecule has 0 saturated carbocycles. The molecule has 1 aromatic carbocycles. The zero-order chi connectivity index (χ0) is 16.1. The normalized spacial score (nSPS) is 19.8. The van der Waals surface area contributed by atoms with Gasteiger partial charge in [-0.25, -0.2) is 0 Å². The largest absolute Gasteiger partial charge is 0.493 e. The summed E-state index contributed by atoms with van der Waals surface area (Å²) in [6.45, 7) is 7.33. The Kier molecular flexibility index (Phi) is 5.83. The van der Waals surface area contributed by atoms with Crippen LogP contribution in [0.15, 0.2) is 18.2 Å². The summed E-state index contributed by atoms with van der Waals surface area (Å²) >= 11 is 0. The number of nitrogens with two attached hydrogens (primary N) is 1. The SMILES string of the molecule is Cc1cc(C)cc(OCCC(=O)N2CCCCC2C(C)N)c1. The number of carbonyl (C=O) groups excluding carboxylic acids is 1. The minimum Gasteiger partial charge on any atom is -0.493 e. The lowest BCUT2D eigenvalue weighted by Gasteiger charge is -2.38. The molecular formula is C18H28N2O2. The Balaban J connectivity index is 1.86. The van der Waals surface area contributed by atoms with Gasteiger partial charge in [0, 0.05) is 18.6 Å². The summed E-state index contributed by atoms with van der Waals surface area (Å²) in [4.78, 5) is 14.4. The Morgan fingerprint density at radius 2 is 2.00 bits per heavy atom. The number of piperidine rings is 1. The van der Waals surface area contributed by atoms with Crippen LogP contribution in [0.1, 0.15) is 43.7 Å². The van der Waals surface area contributed by atoms with Gasteiger partial charge in [0.15, 0.2) is 0 Å². The van der Waals surface area contributed by atoms with Gasteiger partial charge in [-0.3, -0.25) is 4.79 Å². The van der Waals surface area contributed by atoms with Crippen molar-refractivity contribution in [3.05, 3.63) is 29.3 Å². The molecule has 2 N–H and O–H groups in total. The van der Waals surface area contributed by atoms with E-state index in [4.69, 9.17) is 10.5 Å². The monoisotopic (exact) mass is 304 g/mol. The van der Waals surface area contributed by atoms with E-state index < -0.39 is 0 Å². The van der Waals surface area contributed by atoms with Crippen LogP contribution in [0.5, 0.6) is 5.75 Å². The quantitative estimate of drug-likeness (QED) is 0.910. The standard InChI is InChI=1S/C18H28N2O2/c1-13-10-14(2)12-16(11-13)22-9-7-18(21)20-8-5-4-6-17(20)15(3)19/h10-12,15,17H,4-9,19H2,1-3H3. The molecule has 2 unspecified atom stereocenters. The highest BCUT2D eigenvalue weighted by Gasteiger charge is 2.28. The second-order valence-corrected chi connectivity index (χ2v) is 6.43. The predicted octanol–water partition coefficient (Wildman–Crippen LogP) is 2.80. The first-order chi connectivity index (χ1) is 10.5. The van der Waals surface area contributed by atoms with Crippen molar-refractivity contribution in [1.82, 2.24) is 4.90 Å². The summed E-state index contributed by atoms with van der Waals surface area (Å²) in [7, 11) is 0. The van der Waals surface area contributed by atoms with Gasteiger partial charge in [-0.05, 0) is 63.3 Å². The number of benzene rings is 1. The Hall–Kier alpha value is -1.55. The van der Waals surface area contributed by atoms with Crippen molar-refractivity contribution in [1.29, 1.82) is 0 Å². The van der Waals surface area contributed by atoms with Gasteiger partial charge in [0.25, 0.3) is 0 Å². The molecule has 4 heteroatoms. The third-order valence-corrected chi connectivity index (χ3v) is 4.26. The van der Waals surface area contributed by atoms with Gasteiger partial charge in [-0.1, -0.05) is 6.07 Å². The zero-order valence-corrected chi connectivity index (χ0v) is 14.0. The second kappa shape index (κ2) is 7.63. The summed E-state index contributed by atoms with van der Waals surface area (Å²) in [5.41, 5.74) is 8.37. The lowest BCUT2D eigenvalue weighted by Crippen LogP contribution is -2.51. The van der Waals surface area contributed by atoms with Crippen molar-refractivity contribution in [3.63, 3.8) is 0 Å². The molecule has 122 valence electrons. The lowest BCUT2D eigenvalue weighted by atomic mass is 9.96. The van der Waals surface area contributed by atoms with E-state index in [0.29, 0.717) is 13.0 Å². The summed E-state index contributed by atoms with van der Waals surface area (Å²) < 4.78 is 5.75. The number of hydrogen-bond acceptors (Lipinski definition) is 3. The highest BCUT2D eigenvalue weighted by Crippen LogP contribution is 2.20. The van der Waals surface area contributed by atoms with Crippen molar-refractivity contribution < 1.29 is 9.53 Å². The molecule has 0 radical (unpaired) electrons. The van der Waals surface area contributed by atoms with E-state index >= 15 is 0 Å². The molecule has 22 heavy (non-hydrogen) atoms. The first kappa shape index (κ1) is 16.8. The van der Waals surface area contributed by atoms with Gasteiger partial charge in [0.05, 0.1) is 13.0 Å². The van der Waals surface area contributed by atoms with Gasteiger partial charge in [-0.2, -0.15) is 0 Å². The molecule has 0 aromatic heterocycles. The fourth-order valence-corrected chi connectivity index (χ4v) is 3.23. The number of rotatable bonds is 5. The summed E-state index contributed by atoms with van der Waals surface area (Å²) in [6.07, 6.45) is 3.67. The van der Waals surface area contributed by atoms with Crippen LogP contribution in [0.3, 0.4) is 0 Å². The Morgan fingerprint density at radius 1 is 1.32 bits per heavy atom. The average Bonchev–Trinajstić information content (AvgIpc) is 2.46. The van der Waals surface area contributed by atoms with Crippen molar-refractivity contribution in [2.45, 2.75) is 58.5 Å². The summed E-state index contributed by atoms with van der Waals surface area (Å²) in [5, 5.41) is 0. The first-order valence-electron chi connectivity index (χ1n) is 8.23. The van der Waals surface area contributed by atoms with Gasteiger partial charge < -0.3 is 15.4 Å². The molecule has 0 spiro atoms. The molecule has 2 rings (SSSR count). The maximum Gasteiger partial charge on any atom is 0.226 e. The van der Waals surface area contributed by atoms with E-state index in [2.05, 4.69) is 6.07 Å². The van der Waals surface area contributed by atoms with Gasteiger partial charge >= 0.3 is 0 Å². The van der Waals surface area contributed by atoms with E-state index in [0.717, 1.165) is 31.6 Å². The van der Waals surface area contributed by atoms with Gasteiger partial charge in [0.2, 0.25) is 5.91 Å². The third-order valence-electron chi connectivity index (χ3n) is 4.26. The van der Waals surface area contributed by atoms with Crippen LogP contribution in [-0.4, -0.2) is 36.0 Å². The van der Waals surface area contributed by atoms with E-state index in [1.54, 1.807) is 0 Å². The van der Waals surface area contributed by atoms with Crippen LogP contribution in [0, 0.1) is 13.8 Å². The van der Waals surface area contributed by atoms with Crippen molar-refractivity contribution >= 4 is 5.91 Å². The molecule has 1 aliphatic rings. The summed E-state index contributed by atoms with van der Waals surface area (Å²) in [6, 6.07) is 6.33. The Bertz CT molecular complexity index is 494. The van der Waals surface area contributed by atoms with E-state index in [9.17, 15) is 4.79 Å². The van der Waals surface area contributed by atoms with Crippen LogP contribution in [-0.2, 0) is 4.79 Å². The number of amides is 1. The molecule has 4 nitrogen and oxygen atoms in total. The van der Waals surface area contributed by atoms with Crippen molar-refractivity contribution in [2.24, 2.45) is 5.73 Å². The molecule has 1 aliphatic heterocycles. The highest BCUT2D eigenvalue weighted by molar-refractivity contribution is 5.76. The van der Waals surface area contributed by atoms with Crippen molar-refractivity contribution in [3.8, 4) is 5.75 Å². The number of ether oxygens (including phenoxy) is 1. The maximum absolute atomic E-state index is 12.4. The van der Waals surface area contributed by atoms with Crippen molar-refractivity contribution in [2.75, 3.05) is 13.2 Å². The first-order valence-corrected chi connectivity index (χ1v) is 8.23. The number of carbonyl (C=O) groups is 1. The fourth-order valence-electron chi connectivity index (χ4n) is 3.23. The van der Waals surface area contributed by atoms with E-state index in [1.165, 1.54) is 11.1 Å². The van der Waals surface area contributed by atoms with Crippen LogP contribution < -0.4 is 10.5 Å². The van der Waals surface area contributed by atoms with Crippen LogP contribution in [0.4, 0.5) is 0 Å². The molecule has 1 amide bonds. The summed E-state index contributed by atoms with van der Waals surface area (Å²) in [5.74, 6) is 0.999. The molecule has 0 bridgehead atoms. The molecule has 2 atom stereocenters. The van der Waals surface area contributed by atoms with Gasteiger partial charge in [0.1, 0.15) is 5.75 Å². The van der Waals surface area contributed by atoms with Crippen LogP contribution >= 0.6 is 0 Å². The van der Waals surface area contributed by atoms with E-state index in [-0.39, 0.29) is 18.0 Å². The molecule has 1 heterocycles. The average molecular weight is 304 g/mol. The zero-order valence-electron chi connectivity index (χ0n) is 14.0. The van der Waals surface area contributed by atoms with Crippen LogP contribution in [0.25, 0.3) is 0 Å². The number of aryl methyl sites for hydroxylation is 2. The maximum atomic E-state index is 12.4. The highest BCUT2D eigenvalue weighted by atomic mass is 16.5. The second-order valence-electron chi connectivity index (χ2n) is 6.43.